The number of aromatic nitrogens is 1. The van der Waals surface area contributed by atoms with Gasteiger partial charge in [0.2, 0.25) is 5.88 Å². The van der Waals surface area contributed by atoms with E-state index in [2.05, 4.69) is 15.0 Å². The Balaban J connectivity index is 1.49. The van der Waals surface area contributed by atoms with E-state index in [-0.39, 0.29) is 37.8 Å². The summed E-state index contributed by atoms with van der Waals surface area (Å²) in [6.45, 7) is 0. The summed E-state index contributed by atoms with van der Waals surface area (Å²) in [6, 6.07) is 16.0. The number of sulfonamides is 1. The van der Waals surface area contributed by atoms with Crippen molar-refractivity contribution in [2.24, 2.45) is 0 Å². The predicted octanol–water partition coefficient (Wildman–Crippen LogP) is 7.91. The highest BCUT2D eigenvalue weighted by Crippen LogP contribution is 2.35. The van der Waals surface area contributed by atoms with Gasteiger partial charge in [-0.25, -0.2) is 13.4 Å². The molecule has 0 saturated carbocycles. The van der Waals surface area contributed by atoms with Gasteiger partial charge in [-0.15, -0.1) is 0 Å². The van der Waals surface area contributed by atoms with Crippen molar-refractivity contribution < 1.29 is 31.1 Å². The fourth-order valence-corrected chi connectivity index (χ4v) is 4.76. The Morgan fingerprint density at radius 1 is 0.872 bits per heavy atom. The van der Waals surface area contributed by atoms with Crippen LogP contribution >= 0.6 is 34.8 Å². The summed E-state index contributed by atoms with van der Waals surface area (Å²) in [5.41, 5.74) is -0.786. The molecule has 0 atom stereocenters. The topological polar surface area (TPSA) is 97.4 Å². The Labute approximate surface area is 235 Å². The van der Waals surface area contributed by atoms with Crippen LogP contribution in [0.3, 0.4) is 0 Å². The number of carbonyl (C=O) groups is 1. The lowest BCUT2D eigenvalue weighted by molar-refractivity contribution is -0.137. The van der Waals surface area contributed by atoms with E-state index in [1.54, 1.807) is 0 Å². The number of pyridine rings is 1. The number of anilines is 2. The van der Waals surface area contributed by atoms with Gasteiger partial charge >= 0.3 is 6.18 Å². The molecule has 7 nitrogen and oxygen atoms in total. The summed E-state index contributed by atoms with van der Waals surface area (Å²) in [7, 11) is -4.07. The van der Waals surface area contributed by atoms with Crippen molar-refractivity contribution >= 4 is 62.1 Å². The third kappa shape index (κ3) is 7.12. The second-order valence-corrected chi connectivity index (χ2v) is 10.8. The lowest BCUT2D eigenvalue weighted by Crippen LogP contribution is -2.18. The minimum absolute atomic E-state index is 0.0157. The lowest BCUT2D eigenvalue weighted by Gasteiger charge is -2.14. The predicted molar refractivity (Wildman–Crippen MR) is 142 cm³/mol. The first kappa shape index (κ1) is 28.5. The van der Waals surface area contributed by atoms with E-state index >= 15 is 0 Å². The molecule has 4 aromatic rings. The molecule has 3 aromatic carbocycles. The van der Waals surface area contributed by atoms with E-state index in [1.807, 2.05) is 0 Å². The summed E-state index contributed by atoms with van der Waals surface area (Å²) in [5.74, 6) is -0.702. The van der Waals surface area contributed by atoms with Gasteiger partial charge in [-0.2, -0.15) is 13.2 Å². The minimum atomic E-state index is -4.60. The molecule has 2 N–H and O–H groups in total. The number of hydrogen-bond donors (Lipinski definition) is 2. The molecule has 0 aliphatic carbocycles. The molecule has 0 spiro atoms. The Morgan fingerprint density at radius 3 is 2.13 bits per heavy atom. The van der Waals surface area contributed by atoms with Gasteiger partial charge in [-0.05, 0) is 72.8 Å². The molecule has 0 radical (unpaired) electrons. The van der Waals surface area contributed by atoms with E-state index in [0.29, 0.717) is 23.0 Å². The zero-order valence-corrected chi connectivity index (χ0v) is 22.3. The summed E-state index contributed by atoms with van der Waals surface area (Å²) in [6.07, 6.45) is -4.00. The molecule has 0 unspecified atom stereocenters. The standard InChI is InChI=1S/C25H15Cl3F3N3O4S/c26-15-1-8-19(9-2-15)39(36,37)34-22-12-16(27)3-10-20(22)23(35)33-17-4-6-18(7-5-17)38-24-21(28)11-14(13-32-24)25(29,30)31/h1-13,34H,(H,33,35). The second-order valence-electron chi connectivity index (χ2n) is 7.84. The largest absolute Gasteiger partial charge is 0.438 e. The average molecular weight is 617 g/mol. The molecule has 202 valence electrons. The SMILES string of the molecule is O=C(Nc1ccc(Oc2ncc(C(F)(F)F)cc2Cl)cc1)c1ccc(Cl)cc1NS(=O)(=O)c1ccc(Cl)cc1. The summed E-state index contributed by atoms with van der Waals surface area (Å²) >= 11 is 17.7. The molecule has 39 heavy (non-hydrogen) atoms. The maximum atomic E-state index is 13.0. The number of ether oxygens (including phenoxy) is 1. The van der Waals surface area contributed by atoms with Crippen LogP contribution in [0.2, 0.25) is 15.1 Å². The summed E-state index contributed by atoms with van der Waals surface area (Å²) in [5, 5.41) is 2.83. The Bertz CT molecular complexity index is 1630. The molecule has 0 aliphatic rings. The van der Waals surface area contributed by atoms with Crippen LogP contribution in [0.4, 0.5) is 24.5 Å². The highest BCUT2D eigenvalue weighted by molar-refractivity contribution is 7.92. The first-order valence-electron chi connectivity index (χ1n) is 10.7. The van der Waals surface area contributed by atoms with E-state index in [0.717, 1.165) is 0 Å². The van der Waals surface area contributed by atoms with Gasteiger partial charge in [-0.1, -0.05) is 34.8 Å². The van der Waals surface area contributed by atoms with Gasteiger partial charge < -0.3 is 10.1 Å². The minimum Gasteiger partial charge on any atom is -0.438 e. The van der Waals surface area contributed by atoms with Crippen LogP contribution in [0.15, 0.2) is 83.9 Å². The monoisotopic (exact) mass is 615 g/mol. The number of amides is 1. The van der Waals surface area contributed by atoms with Crippen molar-refractivity contribution in [3.05, 3.63) is 105 Å². The maximum Gasteiger partial charge on any atom is 0.417 e. The highest BCUT2D eigenvalue weighted by Gasteiger charge is 2.32. The Hall–Kier alpha value is -3.51. The molecule has 1 aromatic heterocycles. The number of nitrogens with zero attached hydrogens (tertiary/aromatic N) is 1. The molecule has 14 heteroatoms. The Kier molecular flexibility index (Phi) is 8.26. The van der Waals surface area contributed by atoms with Crippen molar-refractivity contribution in [3.63, 3.8) is 0 Å². The molecule has 4 rings (SSSR count). The van der Waals surface area contributed by atoms with Gasteiger partial charge in [0.05, 0.1) is 21.7 Å². The molecule has 1 amide bonds. The third-order valence-electron chi connectivity index (χ3n) is 5.06. The van der Waals surface area contributed by atoms with Crippen molar-refractivity contribution in [3.8, 4) is 11.6 Å². The van der Waals surface area contributed by atoms with Gasteiger partial charge in [0.1, 0.15) is 10.8 Å². The van der Waals surface area contributed by atoms with Gasteiger partial charge in [-0.3, -0.25) is 9.52 Å². The first-order valence-corrected chi connectivity index (χ1v) is 13.3. The number of alkyl halides is 3. The van der Waals surface area contributed by atoms with Crippen molar-refractivity contribution in [1.29, 1.82) is 0 Å². The molecule has 1 heterocycles. The van der Waals surface area contributed by atoms with E-state index in [4.69, 9.17) is 39.5 Å². The quantitative estimate of drug-likeness (QED) is 0.220. The third-order valence-corrected chi connectivity index (χ3v) is 7.20. The van der Waals surface area contributed by atoms with Crippen molar-refractivity contribution in [2.75, 3.05) is 10.0 Å². The van der Waals surface area contributed by atoms with Crippen LogP contribution in [-0.4, -0.2) is 19.3 Å². The number of rotatable bonds is 7. The normalized spacial score (nSPS) is 11.6. The lowest BCUT2D eigenvalue weighted by atomic mass is 10.1. The first-order chi connectivity index (χ1) is 18.3. The van der Waals surface area contributed by atoms with Crippen LogP contribution in [-0.2, 0) is 16.2 Å². The fourth-order valence-electron chi connectivity index (χ4n) is 3.19. The number of nitrogens with one attached hydrogen (secondary N) is 2. The average Bonchev–Trinajstić information content (AvgIpc) is 2.86. The molecule has 0 aliphatic heterocycles. The maximum absolute atomic E-state index is 13.0. The molecule has 0 fully saturated rings. The fraction of sp³-hybridized carbons (Fsp3) is 0.0400. The van der Waals surface area contributed by atoms with Crippen LogP contribution in [0.5, 0.6) is 11.6 Å². The van der Waals surface area contributed by atoms with Gasteiger partial charge in [0.25, 0.3) is 15.9 Å². The van der Waals surface area contributed by atoms with Gasteiger partial charge in [0.15, 0.2) is 0 Å². The molecule has 0 bridgehead atoms. The molecule has 0 saturated heterocycles. The van der Waals surface area contributed by atoms with E-state index in [9.17, 15) is 26.4 Å². The van der Waals surface area contributed by atoms with Crippen LogP contribution in [0.1, 0.15) is 15.9 Å². The van der Waals surface area contributed by atoms with Crippen LogP contribution < -0.4 is 14.8 Å². The Morgan fingerprint density at radius 2 is 1.51 bits per heavy atom. The summed E-state index contributed by atoms with van der Waals surface area (Å²) in [4.78, 5) is 16.5. The number of carbonyl (C=O) groups excluding carboxylic acids is 1. The van der Waals surface area contributed by atoms with E-state index < -0.39 is 27.7 Å². The van der Waals surface area contributed by atoms with Crippen LogP contribution in [0.25, 0.3) is 0 Å². The van der Waals surface area contributed by atoms with Gasteiger partial charge in [0, 0.05) is 21.9 Å². The smallest absolute Gasteiger partial charge is 0.417 e. The van der Waals surface area contributed by atoms with E-state index in [1.165, 1.54) is 66.7 Å². The number of benzene rings is 3. The molecular weight excluding hydrogens is 602 g/mol. The van der Waals surface area contributed by atoms with Crippen molar-refractivity contribution in [2.45, 2.75) is 11.1 Å². The molecular formula is C25H15Cl3F3N3O4S. The zero-order valence-electron chi connectivity index (χ0n) is 19.3. The van der Waals surface area contributed by atoms with Crippen LogP contribution in [0, 0.1) is 0 Å². The zero-order chi connectivity index (χ0) is 28.4. The number of halogens is 6. The number of hydrogen-bond acceptors (Lipinski definition) is 5. The second kappa shape index (κ2) is 11.3. The van der Waals surface area contributed by atoms with Crippen molar-refractivity contribution in [1.82, 2.24) is 4.98 Å². The summed E-state index contributed by atoms with van der Waals surface area (Å²) < 4.78 is 71.8. The highest BCUT2D eigenvalue weighted by atomic mass is 35.5.